The van der Waals surface area contributed by atoms with Gasteiger partial charge in [0.1, 0.15) is 11.9 Å². The highest BCUT2D eigenvalue weighted by molar-refractivity contribution is 5.81. The summed E-state index contributed by atoms with van der Waals surface area (Å²) in [6.07, 6.45) is 3.52. The van der Waals surface area contributed by atoms with Gasteiger partial charge in [0.2, 0.25) is 5.91 Å². The normalized spacial score (nSPS) is 20.8. The molecule has 0 N–H and O–H groups in total. The summed E-state index contributed by atoms with van der Waals surface area (Å²) in [5, 5.41) is 0. The maximum atomic E-state index is 13.9. The van der Waals surface area contributed by atoms with Crippen molar-refractivity contribution in [2.24, 2.45) is 0 Å². The minimum absolute atomic E-state index is 0.0449. The number of hydrogen-bond acceptors (Lipinski definition) is 4. The number of carbonyl (C=O) groups excluding carboxylic acids is 2. The Kier molecular flexibility index (Phi) is 5.14. The molecule has 3 rings (SSSR count). The van der Waals surface area contributed by atoms with E-state index in [0.717, 1.165) is 25.7 Å². The van der Waals surface area contributed by atoms with Gasteiger partial charge in [-0.1, -0.05) is 18.2 Å². The first kappa shape index (κ1) is 16.9. The van der Waals surface area contributed by atoms with Crippen molar-refractivity contribution < 1.29 is 18.7 Å². The van der Waals surface area contributed by atoms with Crippen LogP contribution in [0.25, 0.3) is 0 Å². The summed E-state index contributed by atoms with van der Waals surface area (Å²) in [5.74, 6) is -0.617. The summed E-state index contributed by atoms with van der Waals surface area (Å²) < 4.78 is 18.7. The van der Waals surface area contributed by atoms with Crippen molar-refractivity contribution in [3.8, 4) is 0 Å². The van der Waals surface area contributed by atoms with Gasteiger partial charge < -0.3 is 9.64 Å². The summed E-state index contributed by atoms with van der Waals surface area (Å²) in [4.78, 5) is 28.2. The molecule has 2 fully saturated rings. The Hall–Kier alpha value is -1.95. The van der Waals surface area contributed by atoms with Gasteiger partial charge in [0.25, 0.3) is 0 Å². The first-order valence-corrected chi connectivity index (χ1v) is 8.45. The third-order valence-electron chi connectivity index (χ3n) is 4.78. The zero-order valence-corrected chi connectivity index (χ0v) is 13.9. The zero-order chi connectivity index (χ0) is 17.1. The molecular formula is C18H23FN2O3. The average molecular weight is 334 g/mol. The lowest BCUT2D eigenvalue weighted by Crippen LogP contribution is -2.45. The molecule has 24 heavy (non-hydrogen) atoms. The molecular weight excluding hydrogens is 311 g/mol. The number of methoxy groups -OCH3 is 1. The van der Waals surface area contributed by atoms with Crippen LogP contribution in [-0.4, -0.2) is 54.0 Å². The van der Waals surface area contributed by atoms with Crippen molar-refractivity contribution in [1.82, 2.24) is 9.80 Å². The number of amides is 1. The van der Waals surface area contributed by atoms with Crippen molar-refractivity contribution in [3.05, 3.63) is 35.6 Å². The first-order chi connectivity index (χ1) is 11.6. The largest absolute Gasteiger partial charge is 0.468 e. The smallest absolute Gasteiger partial charge is 0.323 e. The van der Waals surface area contributed by atoms with Gasteiger partial charge in [-0.3, -0.25) is 14.5 Å². The second-order valence-electron chi connectivity index (χ2n) is 6.50. The summed E-state index contributed by atoms with van der Waals surface area (Å²) in [7, 11) is 1.37. The molecule has 1 atom stereocenters. The van der Waals surface area contributed by atoms with Crippen LogP contribution in [0.2, 0.25) is 0 Å². The highest BCUT2D eigenvalue weighted by Crippen LogP contribution is 2.29. The molecule has 1 aliphatic carbocycles. The molecule has 0 spiro atoms. The van der Waals surface area contributed by atoms with Gasteiger partial charge in [-0.25, -0.2) is 4.39 Å². The minimum atomic E-state index is -0.339. The monoisotopic (exact) mass is 334 g/mol. The average Bonchev–Trinajstić information content (AvgIpc) is 3.32. The molecule has 1 heterocycles. The highest BCUT2D eigenvalue weighted by atomic mass is 19.1. The fraction of sp³-hybridized carbons (Fsp3) is 0.556. The number of hydrogen-bond donors (Lipinski definition) is 0. The predicted molar refractivity (Wildman–Crippen MR) is 86.6 cm³/mol. The second kappa shape index (κ2) is 7.30. The number of esters is 1. The van der Waals surface area contributed by atoms with E-state index in [-0.39, 0.29) is 42.9 Å². The molecule has 1 amide bonds. The molecule has 0 radical (unpaired) electrons. The van der Waals surface area contributed by atoms with Gasteiger partial charge in [0.05, 0.1) is 13.7 Å². The third kappa shape index (κ3) is 3.75. The lowest BCUT2D eigenvalue weighted by molar-refractivity contribution is -0.147. The van der Waals surface area contributed by atoms with Crippen molar-refractivity contribution in [3.63, 3.8) is 0 Å². The molecule has 0 bridgehead atoms. The first-order valence-electron chi connectivity index (χ1n) is 8.45. The summed E-state index contributed by atoms with van der Waals surface area (Å²) >= 11 is 0. The zero-order valence-electron chi connectivity index (χ0n) is 13.9. The number of ether oxygens (including phenoxy) is 1. The molecule has 1 saturated carbocycles. The molecule has 1 aliphatic heterocycles. The Morgan fingerprint density at radius 1 is 1.29 bits per heavy atom. The lowest BCUT2D eigenvalue weighted by Gasteiger charge is -2.27. The molecule has 6 heteroatoms. The van der Waals surface area contributed by atoms with Crippen molar-refractivity contribution >= 4 is 11.9 Å². The topological polar surface area (TPSA) is 49.9 Å². The van der Waals surface area contributed by atoms with Crippen LogP contribution < -0.4 is 0 Å². The van der Waals surface area contributed by atoms with Crippen LogP contribution in [0.3, 0.4) is 0 Å². The predicted octanol–water partition coefficient (Wildman–Crippen LogP) is 1.95. The van der Waals surface area contributed by atoms with E-state index in [1.807, 2.05) is 4.90 Å². The van der Waals surface area contributed by atoms with Gasteiger partial charge >= 0.3 is 5.97 Å². The van der Waals surface area contributed by atoms with Gasteiger partial charge in [-0.2, -0.15) is 0 Å². The van der Waals surface area contributed by atoms with E-state index >= 15 is 0 Å². The van der Waals surface area contributed by atoms with E-state index in [9.17, 15) is 14.0 Å². The van der Waals surface area contributed by atoms with E-state index in [1.54, 1.807) is 23.1 Å². The molecule has 0 unspecified atom stereocenters. The van der Waals surface area contributed by atoms with Crippen LogP contribution in [0.15, 0.2) is 24.3 Å². The molecule has 5 nitrogen and oxygen atoms in total. The highest BCUT2D eigenvalue weighted by Gasteiger charge is 2.37. The van der Waals surface area contributed by atoms with Crippen molar-refractivity contribution in [1.29, 1.82) is 0 Å². The minimum Gasteiger partial charge on any atom is -0.468 e. The molecule has 1 aromatic carbocycles. The Morgan fingerprint density at radius 3 is 2.71 bits per heavy atom. The van der Waals surface area contributed by atoms with E-state index in [1.165, 1.54) is 13.2 Å². The van der Waals surface area contributed by atoms with E-state index in [2.05, 4.69) is 0 Å². The summed E-state index contributed by atoms with van der Waals surface area (Å²) in [5.41, 5.74) is 0.531. The lowest BCUT2D eigenvalue weighted by atomic mass is 10.2. The molecule has 0 aromatic heterocycles. The van der Waals surface area contributed by atoms with Crippen molar-refractivity contribution in [2.75, 3.05) is 20.2 Å². The number of rotatable bonds is 6. The maximum absolute atomic E-state index is 13.9. The van der Waals surface area contributed by atoms with Gasteiger partial charge in [-0.05, 0) is 38.3 Å². The Morgan fingerprint density at radius 2 is 2.04 bits per heavy atom. The Bertz CT molecular complexity index is 618. The Balaban J connectivity index is 1.67. The number of halogens is 1. The fourth-order valence-corrected chi connectivity index (χ4v) is 3.30. The van der Waals surface area contributed by atoms with E-state index < -0.39 is 0 Å². The number of carbonyl (C=O) groups is 2. The Labute approximate surface area is 141 Å². The van der Waals surface area contributed by atoms with E-state index in [0.29, 0.717) is 12.1 Å². The molecule has 2 aliphatic rings. The summed E-state index contributed by atoms with van der Waals surface area (Å²) in [6, 6.07) is 6.41. The SMILES string of the molecule is COC(=O)[C@@H]1CCCN1CC(=O)N(Cc1ccccc1F)C1CC1. The van der Waals surface area contributed by atoms with Crippen LogP contribution in [0, 0.1) is 5.82 Å². The second-order valence-corrected chi connectivity index (χ2v) is 6.50. The molecule has 1 aromatic rings. The van der Waals surface area contributed by atoms with Gasteiger partial charge in [-0.15, -0.1) is 0 Å². The van der Waals surface area contributed by atoms with Crippen molar-refractivity contribution in [2.45, 2.75) is 44.3 Å². The van der Waals surface area contributed by atoms with Crippen LogP contribution in [-0.2, 0) is 20.9 Å². The van der Waals surface area contributed by atoms with E-state index in [4.69, 9.17) is 4.74 Å². The number of nitrogens with zero attached hydrogens (tertiary/aromatic N) is 2. The third-order valence-corrected chi connectivity index (χ3v) is 4.78. The fourth-order valence-electron chi connectivity index (χ4n) is 3.30. The van der Waals surface area contributed by atoms with Gasteiger partial charge in [0.15, 0.2) is 0 Å². The standard InChI is InChI=1S/C18H23FN2O3/c1-24-18(23)16-7-4-10-20(16)12-17(22)21(14-8-9-14)11-13-5-2-3-6-15(13)19/h2-3,5-6,14,16H,4,7-12H2,1H3/t16-/m0/s1. The number of benzene rings is 1. The van der Waals surface area contributed by atoms with Crippen LogP contribution >= 0.6 is 0 Å². The van der Waals surface area contributed by atoms with Gasteiger partial charge in [0, 0.05) is 18.2 Å². The van der Waals surface area contributed by atoms with Crippen LogP contribution in [0.4, 0.5) is 4.39 Å². The summed E-state index contributed by atoms with van der Waals surface area (Å²) in [6.45, 7) is 1.18. The molecule has 130 valence electrons. The number of likely N-dealkylation sites (tertiary alicyclic amines) is 1. The maximum Gasteiger partial charge on any atom is 0.323 e. The van der Waals surface area contributed by atoms with Crippen LogP contribution in [0.1, 0.15) is 31.2 Å². The van der Waals surface area contributed by atoms with Crippen LogP contribution in [0.5, 0.6) is 0 Å². The molecule has 1 saturated heterocycles. The quantitative estimate of drug-likeness (QED) is 0.746.